The van der Waals surface area contributed by atoms with Gasteiger partial charge in [-0.1, -0.05) is 30.3 Å². The highest BCUT2D eigenvalue weighted by Crippen LogP contribution is 2.28. The smallest absolute Gasteiger partial charge is 0.161 e. The standard InChI is InChI=1S/C24H22N4O/c1-24(2,29)18-8-6-7-16(13-18)17-11-12-22-25-20(15-28(22)14-17)23-26-19-9-4-5-10-21(19)27(23)3/h4-15,29H,1-3H3. The number of nitrogens with zero attached hydrogens (tertiary/aromatic N) is 4. The van der Waals surface area contributed by atoms with Crippen molar-refractivity contribution in [3.63, 3.8) is 0 Å². The van der Waals surface area contributed by atoms with Crippen LogP contribution >= 0.6 is 0 Å². The molecule has 0 fully saturated rings. The van der Waals surface area contributed by atoms with E-state index in [4.69, 9.17) is 9.97 Å². The Hall–Kier alpha value is -3.44. The number of rotatable bonds is 3. The number of imidazole rings is 2. The molecule has 0 atom stereocenters. The van der Waals surface area contributed by atoms with E-state index in [0.717, 1.165) is 44.9 Å². The number of aliphatic hydroxyl groups is 1. The second-order valence-corrected chi connectivity index (χ2v) is 7.93. The molecule has 0 aliphatic carbocycles. The molecule has 0 unspecified atom stereocenters. The van der Waals surface area contributed by atoms with Crippen LogP contribution in [-0.2, 0) is 12.6 Å². The topological polar surface area (TPSA) is 55.4 Å². The minimum Gasteiger partial charge on any atom is -0.386 e. The average molecular weight is 382 g/mol. The van der Waals surface area contributed by atoms with E-state index in [9.17, 15) is 5.11 Å². The highest BCUT2D eigenvalue weighted by molar-refractivity contribution is 5.80. The summed E-state index contributed by atoms with van der Waals surface area (Å²) in [6, 6.07) is 20.2. The monoisotopic (exact) mass is 382 g/mol. The molecule has 29 heavy (non-hydrogen) atoms. The van der Waals surface area contributed by atoms with Crippen LogP contribution in [0, 0.1) is 0 Å². The highest BCUT2D eigenvalue weighted by Gasteiger charge is 2.17. The van der Waals surface area contributed by atoms with Gasteiger partial charge in [-0.25, -0.2) is 9.97 Å². The van der Waals surface area contributed by atoms with Crippen molar-refractivity contribution in [1.82, 2.24) is 18.9 Å². The molecule has 0 aliphatic rings. The lowest BCUT2D eigenvalue weighted by Gasteiger charge is -2.18. The zero-order chi connectivity index (χ0) is 20.2. The van der Waals surface area contributed by atoms with Crippen molar-refractivity contribution in [2.24, 2.45) is 7.05 Å². The molecule has 0 saturated carbocycles. The van der Waals surface area contributed by atoms with Gasteiger partial charge >= 0.3 is 0 Å². The molecule has 3 aromatic heterocycles. The van der Waals surface area contributed by atoms with Crippen LogP contribution in [0.4, 0.5) is 0 Å². The summed E-state index contributed by atoms with van der Waals surface area (Å²) >= 11 is 0. The zero-order valence-electron chi connectivity index (χ0n) is 16.7. The molecular formula is C24H22N4O. The molecule has 0 radical (unpaired) electrons. The molecule has 5 nitrogen and oxygen atoms in total. The summed E-state index contributed by atoms with van der Waals surface area (Å²) in [6.07, 6.45) is 4.08. The van der Waals surface area contributed by atoms with Gasteiger partial charge in [0, 0.05) is 19.4 Å². The normalized spacial score (nSPS) is 12.1. The molecule has 5 aromatic rings. The SMILES string of the molecule is Cn1c(-c2cn3cc(-c4cccc(C(C)(C)O)c4)ccc3n2)nc2ccccc21. The third-order valence-electron chi connectivity index (χ3n) is 5.37. The third-order valence-corrected chi connectivity index (χ3v) is 5.37. The highest BCUT2D eigenvalue weighted by atomic mass is 16.3. The molecule has 0 spiro atoms. The summed E-state index contributed by atoms with van der Waals surface area (Å²) in [5, 5.41) is 10.3. The number of aryl methyl sites for hydroxylation is 1. The van der Waals surface area contributed by atoms with Crippen LogP contribution in [0.1, 0.15) is 19.4 Å². The van der Waals surface area contributed by atoms with Crippen molar-refractivity contribution < 1.29 is 5.11 Å². The molecule has 0 bridgehead atoms. The molecule has 0 saturated heterocycles. The summed E-state index contributed by atoms with van der Waals surface area (Å²) < 4.78 is 4.10. The second-order valence-electron chi connectivity index (χ2n) is 7.93. The lowest BCUT2D eigenvalue weighted by molar-refractivity contribution is 0.0786. The van der Waals surface area contributed by atoms with Crippen molar-refractivity contribution in [3.8, 4) is 22.6 Å². The minimum absolute atomic E-state index is 0.839. The average Bonchev–Trinajstić information content (AvgIpc) is 3.28. The number of aromatic nitrogens is 4. The van der Waals surface area contributed by atoms with Crippen LogP contribution in [0.3, 0.4) is 0 Å². The van der Waals surface area contributed by atoms with Crippen LogP contribution in [0.2, 0.25) is 0 Å². The molecule has 2 aromatic carbocycles. The molecule has 3 heterocycles. The minimum atomic E-state index is -0.873. The van der Waals surface area contributed by atoms with Gasteiger partial charge in [-0.15, -0.1) is 0 Å². The Balaban J connectivity index is 1.60. The Kier molecular flexibility index (Phi) is 3.83. The first-order valence-corrected chi connectivity index (χ1v) is 9.64. The van der Waals surface area contributed by atoms with E-state index in [1.165, 1.54) is 0 Å². The summed E-state index contributed by atoms with van der Waals surface area (Å²) in [5.41, 5.74) is 5.90. The summed E-state index contributed by atoms with van der Waals surface area (Å²) in [5.74, 6) is 0.848. The van der Waals surface area contributed by atoms with Gasteiger partial charge in [0.05, 0.1) is 16.6 Å². The summed E-state index contributed by atoms with van der Waals surface area (Å²) in [7, 11) is 2.02. The maximum Gasteiger partial charge on any atom is 0.161 e. The molecule has 5 heteroatoms. The Morgan fingerprint density at radius 1 is 0.862 bits per heavy atom. The fourth-order valence-electron chi connectivity index (χ4n) is 3.72. The van der Waals surface area contributed by atoms with E-state index in [2.05, 4.69) is 29.0 Å². The van der Waals surface area contributed by atoms with Gasteiger partial charge in [-0.2, -0.15) is 0 Å². The van der Waals surface area contributed by atoms with Crippen LogP contribution in [-0.4, -0.2) is 24.0 Å². The quantitative estimate of drug-likeness (QED) is 0.488. The maximum atomic E-state index is 10.3. The lowest BCUT2D eigenvalue weighted by Crippen LogP contribution is -2.15. The number of fused-ring (bicyclic) bond motifs is 2. The number of para-hydroxylation sites is 2. The van der Waals surface area contributed by atoms with Gasteiger partial charge in [0.25, 0.3) is 0 Å². The molecule has 1 N–H and O–H groups in total. The number of pyridine rings is 1. The Bertz CT molecular complexity index is 1350. The first-order chi connectivity index (χ1) is 13.9. The number of hydrogen-bond acceptors (Lipinski definition) is 3. The summed E-state index contributed by atoms with van der Waals surface area (Å²) in [4.78, 5) is 9.53. The zero-order valence-corrected chi connectivity index (χ0v) is 16.7. The van der Waals surface area contributed by atoms with Crippen LogP contribution in [0.5, 0.6) is 0 Å². The van der Waals surface area contributed by atoms with Crippen molar-refractivity contribution in [2.75, 3.05) is 0 Å². The molecule has 0 amide bonds. The van der Waals surface area contributed by atoms with Gasteiger partial charge in [0.1, 0.15) is 11.3 Å². The fourth-order valence-corrected chi connectivity index (χ4v) is 3.72. The molecule has 5 rings (SSSR count). The van der Waals surface area contributed by atoms with Crippen molar-refractivity contribution >= 4 is 16.7 Å². The van der Waals surface area contributed by atoms with Crippen LogP contribution < -0.4 is 0 Å². The third kappa shape index (κ3) is 3.00. The molecule has 0 aliphatic heterocycles. The number of hydrogen-bond donors (Lipinski definition) is 1. The summed E-state index contributed by atoms with van der Waals surface area (Å²) in [6.45, 7) is 3.60. The van der Waals surface area contributed by atoms with Crippen molar-refractivity contribution in [2.45, 2.75) is 19.4 Å². The van der Waals surface area contributed by atoms with E-state index in [0.29, 0.717) is 0 Å². The van der Waals surface area contributed by atoms with Gasteiger partial charge in [-0.3, -0.25) is 0 Å². The van der Waals surface area contributed by atoms with Gasteiger partial charge < -0.3 is 14.1 Å². The van der Waals surface area contributed by atoms with Gasteiger partial charge in [0.2, 0.25) is 0 Å². The fraction of sp³-hybridized carbons (Fsp3) is 0.167. The van der Waals surface area contributed by atoms with E-state index >= 15 is 0 Å². The largest absolute Gasteiger partial charge is 0.386 e. The predicted octanol–water partition coefficient (Wildman–Crippen LogP) is 4.78. The van der Waals surface area contributed by atoms with E-state index in [-0.39, 0.29) is 0 Å². The van der Waals surface area contributed by atoms with Crippen molar-refractivity contribution in [1.29, 1.82) is 0 Å². The van der Waals surface area contributed by atoms with E-state index in [1.807, 2.05) is 60.1 Å². The lowest BCUT2D eigenvalue weighted by atomic mass is 9.95. The van der Waals surface area contributed by atoms with Crippen LogP contribution in [0.25, 0.3) is 39.3 Å². The van der Waals surface area contributed by atoms with Crippen molar-refractivity contribution in [3.05, 3.63) is 78.6 Å². The van der Waals surface area contributed by atoms with Gasteiger partial charge in [-0.05, 0) is 60.9 Å². The Morgan fingerprint density at radius 2 is 1.69 bits per heavy atom. The maximum absolute atomic E-state index is 10.3. The Morgan fingerprint density at radius 3 is 2.48 bits per heavy atom. The van der Waals surface area contributed by atoms with E-state index in [1.54, 1.807) is 13.8 Å². The van der Waals surface area contributed by atoms with E-state index < -0.39 is 5.60 Å². The first-order valence-electron chi connectivity index (χ1n) is 9.64. The Labute approximate surface area is 168 Å². The number of benzene rings is 2. The van der Waals surface area contributed by atoms with Gasteiger partial charge in [0.15, 0.2) is 5.82 Å². The first kappa shape index (κ1) is 17.6. The molecule has 144 valence electrons. The second kappa shape index (κ2) is 6.29. The molecular weight excluding hydrogens is 360 g/mol. The predicted molar refractivity (Wildman–Crippen MR) is 116 cm³/mol. The van der Waals surface area contributed by atoms with Crippen LogP contribution in [0.15, 0.2) is 73.1 Å².